The van der Waals surface area contributed by atoms with Crippen LogP contribution in [0.3, 0.4) is 0 Å². The summed E-state index contributed by atoms with van der Waals surface area (Å²) in [6.45, 7) is 2.28. The van der Waals surface area contributed by atoms with Crippen LogP contribution in [0.15, 0.2) is 36.7 Å². The third-order valence-electron chi connectivity index (χ3n) is 2.84. The van der Waals surface area contributed by atoms with Crippen LogP contribution in [0.4, 0.5) is 11.6 Å². The van der Waals surface area contributed by atoms with Crippen LogP contribution in [0.2, 0.25) is 0 Å². The van der Waals surface area contributed by atoms with Crippen LogP contribution < -0.4 is 10.6 Å². The zero-order valence-electron chi connectivity index (χ0n) is 10.4. The van der Waals surface area contributed by atoms with Crippen molar-refractivity contribution in [3.8, 4) is 0 Å². The number of aromatic nitrogens is 3. The molecule has 1 atom stereocenters. The SMILES string of the molecule is c1ccc(Nc2ncnc(C3CNCCO3)n2)cc1. The Labute approximate surface area is 111 Å². The summed E-state index contributed by atoms with van der Waals surface area (Å²) in [7, 11) is 0. The molecule has 0 aliphatic carbocycles. The molecule has 1 saturated heterocycles. The molecule has 2 aromatic rings. The molecule has 0 bridgehead atoms. The molecule has 98 valence electrons. The van der Waals surface area contributed by atoms with E-state index >= 15 is 0 Å². The molecule has 2 heterocycles. The predicted octanol–water partition coefficient (Wildman–Crippen LogP) is 1.28. The van der Waals surface area contributed by atoms with Crippen LogP contribution in [0.5, 0.6) is 0 Å². The lowest BCUT2D eigenvalue weighted by Gasteiger charge is -2.22. The fourth-order valence-corrected chi connectivity index (χ4v) is 1.91. The fraction of sp³-hybridized carbons (Fsp3) is 0.308. The van der Waals surface area contributed by atoms with E-state index in [4.69, 9.17) is 4.74 Å². The van der Waals surface area contributed by atoms with Crippen LogP contribution in [0.25, 0.3) is 0 Å². The molecule has 1 aliphatic heterocycles. The molecule has 2 N–H and O–H groups in total. The first-order chi connectivity index (χ1) is 9.42. The highest BCUT2D eigenvalue weighted by Gasteiger charge is 2.18. The van der Waals surface area contributed by atoms with Crippen LogP contribution in [-0.4, -0.2) is 34.6 Å². The topological polar surface area (TPSA) is 72.0 Å². The number of benzene rings is 1. The highest BCUT2D eigenvalue weighted by Crippen LogP contribution is 2.16. The number of nitrogens with one attached hydrogen (secondary N) is 2. The molecule has 0 spiro atoms. The molecular formula is C13H15N5O. The van der Waals surface area contributed by atoms with Gasteiger partial charge in [-0.1, -0.05) is 18.2 Å². The Morgan fingerprint density at radius 2 is 2.11 bits per heavy atom. The van der Waals surface area contributed by atoms with E-state index in [1.165, 1.54) is 6.33 Å². The second-order valence-electron chi connectivity index (χ2n) is 4.22. The van der Waals surface area contributed by atoms with Crippen molar-refractivity contribution in [3.05, 3.63) is 42.5 Å². The van der Waals surface area contributed by atoms with Crippen molar-refractivity contribution in [2.75, 3.05) is 25.0 Å². The van der Waals surface area contributed by atoms with Crippen LogP contribution in [-0.2, 0) is 4.74 Å². The number of anilines is 2. The van der Waals surface area contributed by atoms with Gasteiger partial charge in [-0.25, -0.2) is 9.97 Å². The van der Waals surface area contributed by atoms with Crippen LogP contribution in [0, 0.1) is 0 Å². The molecule has 0 radical (unpaired) electrons. The van der Waals surface area contributed by atoms with Crippen molar-refractivity contribution in [3.63, 3.8) is 0 Å². The van der Waals surface area contributed by atoms with Gasteiger partial charge in [0.15, 0.2) is 5.82 Å². The number of nitrogens with zero attached hydrogens (tertiary/aromatic N) is 3. The van der Waals surface area contributed by atoms with Gasteiger partial charge in [0.2, 0.25) is 5.95 Å². The number of ether oxygens (including phenoxy) is 1. The maximum atomic E-state index is 5.63. The second-order valence-corrected chi connectivity index (χ2v) is 4.22. The number of hydrogen-bond donors (Lipinski definition) is 2. The molecular weight excluding hydrogens is 242 g/mol. The highest BCUT2D eigenvalue weighted by molar-refractivity contribution is 5.52. The third-order valence-corrected chi connectivity index (χ3v) is 2.84. The van der Waals surface area contributed by atoms with Gasteiger partial charge in [0, 0.05) is 18.8 Å². The molecule has 1 fully saturated rings. The summed E-state index contributed by atoms with van der Waals surface area (Å²) in [6.07, 6.45) is 1.40. The first kappa shape index (κ1) is 12.0. The summed E-state index contributed by atoms with van der Waals surface area (Å²) in [5, 5.41) is 6.40. The van der Waals surface area contributed by atoms with Gasteiger partial charge in [0.05, 0.1) is 6.61 Å². The van der Waals surface area contributed by atoms with Crippen molar-refractivity contribution >= 4 is 11.6 Å². The van der Waals surface area contributed by atoms with E-state index in [9.17, 15) is 0 Å². The van der Waals surface area contributed by atoms with Gasteiger partial charge in [0.1, 0.15) is 12.4 Å². The highest BCUT2D eigenvalue weighted by atomic mass is 16.5. The van der Waals surface area contributed by atoms with Gasteiger partial charge in [-0.15, -0.1) is 0 Å². The van der Waals surface area contributed by atoms with Gasteiger partial charge in [0.25, 0.3) is 0 Å². The predicted molar refractivity (Wildman–Crippen MR) is 71.1 cm³/mol. The van der Waals surface area contributed by atoms with Gasteiger partial charge < -0.3 is 15.4 Å². The number of rotatable bonds is 3. The minimum absolute atomic E-state index is 0.104. The van der Waals surface area contributed by atoms with Crippen molar-refractivity contribution in [1.82, 2.24) is 20.3 Å². The van der Waals surface area contributed by atoms with E-state index in [2.05, 4.69) is 25.6 Å². The quantitative estimate of drug-likeness (QED) is 0.863. The standard InChI is InChI=1S/C13H15N5O/c1-2-4-10(5-3-1)17-13-16-9-15-12(18-13)11-8-14-6-7-19-11/h1-5,9,11,14H,6-8H2,(H,15,16,17,18). The Morgan fingerprint density at radius 1 is 1.21 bits per heavy atom. The molecule has 1 aliphatic rings. The first-order valence-corrected chi connectivity index (χ1v) is 6.25. The summed E-state index contributed by atoms with van der Waals surface area (Å²) in [5.41, 5.74) is 0.947. The molecule has 1 aromatic heterocycles. The van der Waals surface area contributed by atoms with Crippen molar-refractivity contribution in [2.24, 2.45) is 0 Å². The molecule has 6 nitrogen and oxygen atoms in total. The molecule has 0 amide bonds. The van der Waals surface area contributed by atoms with Crippen LogP contribution in [0.1, 0.15) is 11.9 Å². The smallest absolute Gasteiger partial charge is 0.230 e. The molecule has 1 unspecified atom stereocenters. The molecule has 0 saturated carbocycles. The lowest BCUT2D eigenvalue weighted by molar-refractivity contribution is 0.0221. The average Bonchev–Trinajstić information content (AvgIpc) is 2.49. The summed E-state index contributed by atoms with van der Waals surface area (Å²) < 4.78 is 5.63. The van der Waals surface area contributed by atoms with Gasteiger partial charge in [-0.2, -0.15) is 4.98 Å². The minimum Gasteiger partial charge on any atom is -0.368 e. The second kappa shape index (κ2) is 5.73. The maximum Gasteiger partial charge on any atom is 0.230 e. The van der Waals surface area contributed by atoms with Crippen molar-refractivity contribution < 1.29 is 4.74 Å². The number of para-hydroxylation sites is 1. The van der Waals surface area contributed by atoms with E-state index in [0.717, 1.165) is 18.8 Å². The van der Waals surface area contributed by atoms with Gasteiger partial charge in [-0.05, 0) is 12.1 Å². The Bertz CT molecular complexity index is 528. The lowest BCUT2D eigenvalue weighted by atomic mass is 10.3. The summed E-state index contributed by atoms with van der Waals surface area (Å²) in [4.78, 5) is 12.7. The average molecular weight is 257 g/mol. The minimum atomic E-state index is -0.104. The maximum absolute atomic E-state index is 5.63. The normalized spacial score (nSPS) is 19.1. The largest absolute Gasteiger partial charge is 0.368 e. The zero-order chi connectivity index (χ0) is 12.9. The van der Waals surface area contributed by atoms with Crippen molar-refractivity contribution in [1.29, 1.82) is 0 Å². The van der Waals surface area contributed by atoms with Gasteiger partial charge in [-0.3, -0.25) is 0 Å². The van der Waals surface area contributed by atoms with Crippen LogP contribution >= 0.6 is 0 Å². The summed E-state index contributed by atoms with van der Waals surface area (Å²) >= 11 is 0. The Kier molecular flexibility index (Phi) is 3.62. The Morgan fingerprint density at radius 3 is 2.89 bits per heavy atom. The van der Waals surface area contributed by atoms with E-state index < -0.39 is 0 Å². The zero-order valence-corrected chi connectivity index (χ0v) is 10.4. The monoisotopic (exact) mass is 257 g/mol. The van der Waals surface area contributed by atoms with Gasteiger partial charge >= 0.3 is 0 Å². The Balaban J connectivity index is 1.76. The summed E-state index contributed by atoms with van der Waals surface area (Å²) in [5.74, 6) is 1.19. The van der Waals surface area contributed by atoms with E-state index in [1.807, 2.05) is 30.3 Å². The van der Waals surface area contributed by atoms with E-state index in [0.29, 0.717) is 18.4 Å². The van der Waals surface area contributed by atoms with Crippen molar-refractivity contribution in [2.45, 2.75) is 6.10 Å². The summed E-state index contributed by atoms with van der Waals surface area (Å²) in [6, 6.07) is 9.80. The molecule has 19 heavy (non-hydrogen) atoms. The molecule has 3 rings (SSSR count). The van der Waals surface area contributed by atoms with E-state index in [-0.39, 0.29) is 6.10 Å². The Hall–Kier alpha value is -2.05. The molecule has 1 aromatic carbocycles. The lowest BCUT2D eigenvalue weighted by Crippen LogP contribution is -2.34. The first-order valence-electron chi connectivity index (χ1n) is 6.25. The number of hydrogen-bond acceptors (Lipinski definition) is 6. The fourth-order valence-electron chi connectivity index (χ4n) is 1.91. The molecule has 6 heteroatoms. The number of morpholine rings is 1. The van der Waals surface area contributed by atoms with E-state index in [1.54, 1.807) is 0 Å². The third kappa shape index (κ3) is 3.04.